The Hall–Kier alpha value is -1.57. The van der Waals surface area contributed by atoms with Crippen LogP contribution in [0.4, 0.5) is 20.2 Å². The van der Waals surface area contributed by atoms with Crippen LogP contribution in [0.25, 0.3) is 0 Å². The van der Waals surface area contributed by atoms with E-state index in [9.17, 15) is 23.7 Å². The van der Waals surface area contributed by atoms with Crippen molar-refractivity contribution in [3.63, 3.8) is 0 Å². The molecule has 0 aliphatic carbocycles. The molecule has 5 nitrogen and oxygen atoms in total. The zero-order chi connectivity index (χ0) is 14.2. The fraction of sp³-hybridized carbons (Fsp3) is 0.364. The zero-order valence-corrected chi connectivity index (χ0v) is 11.2. The minimum Gasteiger partial charge on any atom is -0.307 e. The topological polar surface area (TPSA) is 63.5 Å². The number of rotatable bonds is 3. The van der Waals surface area contributed by atoms with Crippen molar-refractivity contribution in [1.82, 2.24) is 0 Å². The van der Waals surface area contributed by atoms with Gasteiger partial charge in [0.25, 0.3) is 0 Å². The molecular formula is C11H9BrF2N2O3. The number of alkyl halides is 1. The number of benzene rings is 1. The first-order valence-electron chi connectivity index (χ1n) is 5.44. The van der Waals surface area contributed by atoms with Gasteiger partial charge in [-0.25, -0.2) is 4.39 Å². The largest absolute Gasteiger partial charge is 0.307 e. The number of anilines is 1. The minimum atomic E-state index is -1.31. The van der Waals surface area contributed by atoms with E-state index in [1.165, 1.54) is 0 Å². The smallest absolute Gasteiger partial charge is 0.307 e. The van der Waals surface area contributed by atoms with E-state index in [1.807, 2.05) is 0 Å². The minimum absolute atomic E-state index is 0.0643. The molecule has 0 radical (unpaired) electrons. The lowest BCUT2D eigenvalue weighted by molar-refractivity contribution is -0.387. The lowest BCUT2D eigenvalue weighted by Crippen LogP contribution is -2.27. The molecule has 1 atom stereocenters. The number of nitro benzene ring substituents is 1. The second-order valence-electron chi connectivity index (χ2n) is 4.22. The molecule has 1 aliphatic heterocycles. The number of nitro groups is 1. The first-order valence-corrected chi connectivity index (χ1v) is 6.56. The standard InChI is InChI=1S/C11H9BrF2N2O3/c12-4-6-3-9(17)15(5-6)11-7(13)1-2-8(10(11)14)16(18)19/h1-2,6H,3-5H2. The van der Waals surface area contributed by atoms with Gasteiger partial charge in [-0.05, 0) is 12.0 Å². The van der Waals surface area contributed by atoms with Gasteiger partial charge >= 0.3 is 5.69 Å². The summed E-state index contributed by atoms with van der Waals surface area (Å²) in [5.74, 6) is -2.80. The van der Waals surface area contributed by atoms with Crippen LogP contribution in [0.5, 0.6) is 0 Å². The molecule has 0 saturated carbocycles. The van der Waals surface area contributed by atoms with Crippen molar-refractivity contribution >= 4 is 33.2 Å². The van der Waals surface area contributed by atoms with Gasteiger partial charge in [0, 0.05) is 24.4 Å². The molecule has 0 N–H and O–H groups in total. The predicted molar refractivity (Wildman–Crippen MR) is 67.3 cm³/mol. The van der Waals surface area contributed by atoms with Crippen LogP contribution in [-0.4, -0.2) is 22.7 Å². The van der Waals surface area contributed by atoms with Crippen LogP contribution in [0.1, 0.15) is 6.42 Å². The third kappa shape index (κ3) is 2.44. The summed E-state index contributed by atoms with van der Waals surface area (Å²) in [6, 6.07) is 1.54. The number of carbonyl (C=O) groups is 1. The number of carbonyl (C=O) groups excluding carboxylic acids is 1. The highest BCUT2D eigenvalue weighted by Crippen LogP contribution is 2.34. The highest BCUT2D eigenvalue weighted by Gasteiger charge is 2.35. The van der Waals surface area contributed by atoms with Crippen LogP contribution in [-0.2, 0) is 4.79 Å². The average Bonchev–Trinajstić information content (AvgIpc) is 2.70. The van der Waals surface area contributed by atoms with Crippen LogP contribution < -0.4 is 4.90 Å². The number of amides is 1. The monoisotopic (exact) mass is 334 g/mol. The molecule has 1 aromatic carbocycles. The van der Waals surface area contributed by atoms with Gasteiger partial charge in [-0.3, -0.25) is 14.9 Å². The first kappa shape index (κ1) is 13.9. The van der Waals surface area contributed by atoms with E-state index in [1.54, 1.807) is 0 Å². The van der Waals surface area contributed by atoms with Gasteiger partial charge in [-0.15, -0.1) is 0 Å². The Labute approximate surface area is 115 Å². The van der Waals surface area contributed by atoms with Gasteiger partial charge in [0.1, 0.15) is 11.5 Å². The summed E-state index contributed by atoms with van der Waals surface area (Å²) in [6.45, 7) is 0.138. The number of hydrogen-bond donors (Lipinski definition) is 0. The van der Waals surface area contributed by atoms with E-state index in [0.717, 1.165) is 17.0 Å². The number of nitrogens with zero attached hydrogens (tertiary/aromatic N) is 2. The SMILES string of the molecule is O=C1CC(CBr)CN1c1c(F)ccc([N+](=O)[O-])c1F. The maximum atomic E-state index is 14.0. The van der Waals surface area contributed by atoms with E-state index in [4.69, 9.17) is 0 Å². The van der Waals surface area contributed by atoms with Crippen LogP contribution in [0.15, 0.2) is 12.1 Å². The molecule has 1 heterocycles. The quantitative estimate of drug-likeness (QED) is 0.485. The van der Waals surface area contributed by atoms with Crippen molar-refractivity contribution in [2.24, 2.45) is 5.92 Å². The number of hydrogen-bond acceptors (Lipinski definition) is 3. The van der Waals surface area contributed by atoms with Crippen molar-refractivity contribution < 1.29 is 18.5 Å². The van der Waals surface area contributed by atoms with Crippen LogP contribution >= 0.6 is 15.9 Å². The molecular weight excluding hydrogens is 326 g/mol. The molecule has 19 heavy (non-hydrogen) atoms. The fourth-order valence-electron chi connectivity index (χ4n) is 2.02. The number of halogens is 3. The summed E-state index contributed by atoms with van der Waals surface area (Å²) in [5, 5.41) is 11.2. The van der Waals surface area contributed by atoms with E-state index in [-0.39, 0.29) is 18.9 Å². The zero-order valence-electron chi connectivity index (χ0n) is 9.61. The van der Waals surface area contributed by atoms with Crippen LogP contribution in [0.2, 0.25) is 0 Å². The fourth-order valence-corrected chi connectivity index (χ4v) is 2.45. The summed E-state index contributed by atoms with van der Waals surface area (Å²) in [7, 11) is 0. The summed E-state index contributed by atoms with van der Waals surface area (Å²) in [6.07, 6.45) is 0.160. The van der Waals surface area contributed by atoms with Crippen molar-refractivity contribution in [3.8, 4) is 0 Å². The summed E-state index contributed by atoms with van der Waals surface area (Å²) in [5.41, 5.74) is -1.48. The van der Waals surface area contributed by atoms with Crippen molar-refractivity contribution in [1.29, 1.82) is 0 Å². The van der Waals surface area contributed by atoms with Gasteiger partial charge in [0.05, 0.1) is 4.92 Å². The Morgan fingerprint density at radius 3 is 2.68 bits per heavy atom. The summed E-state index contributed by atoms with van der Waals surface area (Å²) >= 11 is 3.20. The Kier molecular flexibility index (Phi) is 3.79. The van der Waals surface area contributed by atoms with Crippen molar-refractivity contribution in [3.05, 3.63) is 33.9 Å². The van der Waals surface area contributed by atoms with Crippen molar-refractivity contribution in [2.75, 3.05) is 16.8 Å². The maximum absolute atomic E-state index is 14.0. The molecule has 0 aromatic heterocycles. The average molecular weight is 335 g/mol. The molecule has 1 amide bonds. The second-order valence-corrected chi connectivity index (χ2v) is 4.86. The third-order valence-corrected chi connectivity index (χ3v) is 3.85. The normalized spacial score (nSPS) is 19.0. The molecule has 1 aliphatic rings. The van der Waals surface area contributed by atoms with E-state index in [2.05, 4.69) is 15.9 Å². The molecule has 0 spiro atoms. The lowest BCUT2D eigenvalue weighted by Gasteiger charge is -2.17. The molecule has 2 rings (SSSR count). The van der Waals surface area contributed by atoms with Gasteiger partial charge in [0.15, 0.2) is 0 Å². The van der Waals surface area contributed by atoms with Crippen LogP contribution in [0, 0.1) is 27.7 Å². The lowest BCUT2D eigenvalue weighted by atomic mass is 10.2. The summed E-state index contributed by atoms with van der Waals surface area (Å²) < 4.78 is 27.6. The van der Waals surface area contributed by atoms with Gasteiger partial charge < -0.3 is 4.90 Å². The molecule has 102 valence electrons. The van der Waals surface area contributed by atoms with E-state index < -0.39 is 33.8 Å². The van der Waals surface area contributed by atoms with Gasteiger partial charge in [-0.2, -0.15) is 4.39 Å². The molecule has 1 aromatic rings. The molecule has 1 fully saturated rings. The highest BCUT2D eigenvalue weighted by molar-refractivity contribution is 9.09. The summed E-state index contributed by atoms with van der Waals surface area (Å²) in [4.78, 5) is 22.4. The Bertz CT molecular complexity index is 553. The van der Waals surface area contributed by atoms with Crippen LogP contribution in [0.3, 0.4) is 0 Å². The Morgan fingerprint density at radius 1 is 1.47 bits per heavy atom. The predicted octanol–water partition coefficient (Wildman–Crippen LogP) is 2.62. The molecule has 1 unspecified atom stereocenters. The second kappa shape index (κ2) is 5.20. The maximum Gasteiger partial charge on any atom is 0.307 e. The molecule has 0 bridgehead atoms. The highest BCUT2D eigenvalue weighted by atomic mass is 79.9. The Balaban J connectivity index is 2.48. The molecule has 1 saturated heterocycles. The van der Waals surface area contributed by atoms with Gasteiger partial charge in [-0.1, -0.05) is 15.9 Å². The first-order chi connectivity index (χ1) is 8.95. The third-order valence-electron chi connectivity index (χ3n) is 2.94. The van der Waals surface area contributed by atoms with E-state index in [0.29, 0.717) is 5.33 Å². The van der Waals surface area contributed by atoms with Gasteiger partial charge in [0.2, 0.25) is 11.7 Å². The molecule has 8 heteroatoms. The Morgan fingerprint density at radius 2 is 2.16 bits per heavy atom. The van der Waals surface area contributed by atoms with Crippen molar-refractivity contribution in [2.45, 2.75) is 6.42 Å². The van der Waals surface area contributed by atoms with E-state index >= 15 is 0 Å².